The predicted molar refractivity (Wildman–Crippen MR) is 79.4 cm³/mol. The first kappa shape index (κ1) is 15.2. The fraction of sp³-hybridized carbons (Fsp3) is 0.462. The molecule has 0 fully saturated rings. The Morgan fingerprint density at radius 2 is 1.86 bits per heavy atom. The smallest absolute Gasteiger partial charge is 0.182 e. The molecule has 8 nitrogen and oxygen atoms in total. The molecule has 0 aliphatic heterocycles. The minimum absolute atomic E-state index is 0.586. The van der Waals surface area contributed by atoms with E-state index in [1.54, 1.807) is 30.0 Å². The van der Waals surface area contributed by atoms with Gasteiger partial charge in [0.05, 0.1) is 13.2 Å². The number of rotatable bonds is 8. The van der Waals surface area contributed by atoms with Crippen LogP contribution in [0.2, 0.25) is 0 Å². The van der Waals surface area contributed by atoms with E-state index >= 15 is 0 Å². The van der Waals surface area contributed by atoms with E-state index in [4.69, 9.17) is 20.9 Å². The number of ether oxygens (including phenoxy) is 2. The molecule has 1 aromatic heterocycles. The van der Waals surface area contributed by atoms with Crippen molar-refractivity contribution in [3.8, 4) is 11.4 Å². The Hall–Kier alpha value is -2.19. The summed E-state index contributed by atoms with van der Waals surface area (Å²) >= 11 is 0. The monoisotopic (exact) mass is 292 g/mol. The van der Waals surface area contributed by atoms with Crippen LogP contribution in [0, 0.1) is 0 Å². The first-order valence-corrected chi connectivity index (χ1v) is 6.70. The van der Waals surface area contributed by atoms with Crippen molar-refractivity contribution < 1.29 is 9.47 Å². The van der Waals surface area contributed by atoms with Gasteiger partial charge >= 0.3 is 0 Å². The van der Waals surface area contributed by atoms with Crippen LogP contribution in [0.15, 0.2) is 18.2 Å². The van der Waals surface area contributed by atoms with Crippen LogP contribution in [0.3, 0.4) is 0 Å². The molecular weight excluding hydrogens is 272 g/mol. The van der Waals surface area contributed by atoms with Crippen molar-refractivity contribution >= 4 is 11.4 Å². The van der Waals surface area contributed by atoms with Crippen LogP contribution in [0.25, 0.3) is 11.4 Å². The van der Waals surface area contributed by atoms with Gasteiger partial charge in [-0.25, -0.2) is 4.68 Å². The third-order valence-electron chi connectivity index (χ3n) is 2.86. The van der Waals surface area contributed by atoms with Crippen molar-refractivity contribution in [3.63, 3.8) is 0 Å². The van der Waals surface area contributed by atoms with Crippen LogP contribution >= 0.6 is 0 Å². The zero-order valence-corrected chi connectivity index (χ0v) is 12.0. The molecule has 2 aromatic rings. The summed E-state index contributed by atoms with van der Waals surface area (Å²) in [5.41, 5.74) is 13.6. The number of aryl methyl sites for hydroxylation is 1. The quantitative estimate of drug-likeness (QED) is 0.539. The lowest BCUT2D eigenvalue weighted by Gasteiger charge is -2.07. The highest BCUT2D eigenvalue weighted by Gasteiger charge is 2.09. The number of methoxy groups -OCH3 is 1. The predicted octanol–water partition coefficient (Wildman–Crippen LogP) is 0.558. The van der Waals surface area contributed by atoms with Gasteiger partial charge in [0.25, 0.3) is 0 Å². The lowest BCUT2D eigenvalue weighted by Crippen LogP contribution is -2.08. The zero-order chi connectivity index (χ0) is 15.1. The number of nitrogen functional groups attached to an aromatic ring is 2. The van der Waals surface area contributed by atoms with Crippen molar-refractivity contribution in [3.05, 3.63) is 18.2 Å². The number of anilines is 2. The van der Waals surface area contributed by atoms with Crippen LogP contribution in [0.4, 0.5) is 11.4 Å². The number of tetrazole rings is 1. The van der Waals surface area contributed by atoms with Gasteiger partial charge in [-0.1, -0.05) is 0 Å². The SMILES string of the molecule is COCCOCCCn1nnnc1-c1cc(N)cc(N)c1. The first-order valence-electron chi connectivity index (χ1n) is 6.70. The van der Waals surface area contributed by atoms with Crippen LogP contribution in [-0.4, -0.2) is 47.1 Å². The number of hydrogen-bond acceptors (Lipinski definition) is 7. The molecule has 0 radical (unpaired) electrons. The normalized spacial score (nSPS) is 10.9. The standard InChI is InChI=1S/C13H20N6O2/c1-20-5-6-21-4-2-3-19-13(16-17-18-19)10-7-11(14)9-12(15)8-10/h7-9H,2-6,14-15H2,1H3. The third-order valence-corrected chi connectivity index (χ3v) is 2.86. The number of hydrogen-bond donors (Lipinski definition) is 2. The highest BCUT2D eigenvalue weighted by Crippen LogP contribution is 2.22. The Morgan fingerprint density at radius 3 is 2.57 bits per heavy atom. The summed E-state index contributed by atoms with van der Waals surface area (Å²) < 4.78 is 12.0. The number of benzene rings is 1. The average molecular weight is 292 g/mol. The topological polar surface area (TPSA) is 114 Å². The molecule has 0 unspecified atom stereocenters. The molecule has 21 heavy (non-hydrogen) atoms. The summed E-state index contributed by atoms with van der Waals surface area (Å²) in [6.45, 7) is 2.47. The Kier molecular flexibility index (Phi) is 5.47. The van der Waals surface area contributed by atoms with Gasteiger partial charge in [-0.3, -0.25) is 0 Å². The molecule has 4 N–H and O–H groups in total. The minimum Gasteiger partial charge on any atom is -0.399 e. The molecule has 1 aromatic carbocycles. The molecule has 0 aliphatic carbocycles. The van der Waals surface area contributed by atoms with Gasteiger partial charge in [-0.2, -0.15) is 0 Å². The molecule has 0 aliphatic rings. The van der Waals surface area contributed by atoms with Crippen LogP contribution in [-0.2, 0) is 16.0 Å². The fourth-order valence-electron chi connectivity index (χ4n) is 1.93. The lowest BCUT2D eigenvalue weighted by molar-refractivity contribution is 0.0677. The van der Waals surface area contributed by atoms with Gasteiger partial charge in [0, 0.05) is 37.2 Å². The van der Waals surface area contributed by atoms with E-state index in [0.717, 1.165) is 12.0 Å². The minimum atomic E-state index is 0.586. The van der Waals surface area contributed by atoms with Gasteiger partial charge in [-0.15, -0.1) is 5.10 Å². The molecule has 0 saturated carbocycles. The molecule has 2 rings (SSSR count). The van der Waals surface area contributed by atoms with Crippen molar-refractivity contribution in [1.29, 1.82) is 0 Å². The second-order valence-electron chi connectivity index (χ2n) is 4.57. The molecule has 1 heterocycles. The van der Waals surface area contributed by atoms with Crippen molar-refractivity contribution in [2.24, 2.45) is 0 Å². The second kappa shape index (κ2) is 7.55. The Bertz CT molecular complexity index is 551. The summed E-state index contributed by atoms with van der Waals surface area (Å²) in [6, 6.07) is 5.29. The van der Waals surface area contributed by atoms with Gasteiger partial charge in [0.15, 0.2) is 5.82 Å². The van der Waals surface area contributed by atoms with E-state index in [2.05, 4.69) is 15.5 Å². The van der Waals surface area contributed by atoms with Crippen LogP contribution in [0.5, 0.6) is 0 Å². The van der Waals surface area contributed by atoms with E-state index in [-0.39, 0.29) is 0 Å². The third kappa shape index (κ3) is 4.40. The number of nitrogens with two attached hydrogens (primary N) is 2. The number of nitrogens with zero attached hydrogens (tertiary/aromatic N) is 4. The van der Waals surface area contributed by atoms with Gasteiger partial charge in [0.1, 0.15) is 0 Å². The Balaban J connectivity index is 1.95. The fourth-order valence-corrected chi connectivity index (χ4v) is 1.93. The average Bonchev–Trinajstić information content (AvgIpc) is 2.90. The molecular formula is C13H20N6O2. The number of aromatic nitrogens is 4. The molecule has 0 bridgehead atoms. The maximum Gasteiger partial charge on any atom is 0.182 e. The van der Waals surface area contributed by atoms with E-state index < -0.39 is 0 Å². The summed E-state index contributed by atoms with van der Waals surface area (Å²) in [5.74, 6) is 0.644. The maximum absolute atomic E-state index is 5.79. The maximum atomic E-state index is 5.79. The van der Waals surface area contributed by atoms with E-state index in [9.17, 15) is 0 Å². The highest BCUT2D eigenvalue weighted by atomic mass is 16.5. The van der Waals surface area contributed by atoms with E-state index in [1.807, 2.05) is 0 Å². The largest absolute Gasteiger partial charge is 0.399 e. The van der Waals surface area contributed by atoms with Gasteiger partial charge < -0.3 is 20.9 Å². The van der Waals surface area contributed by atoms with Gasteiger partial charge in [-0.05, 0) is 35.0 Å². The molecule has 114 valence electrons. The van der Waals surface area contributed by atoms with Crippen molar-refractivity contribution in [2.45, 2.75) is 13.0 Å². The van der Waals surface area contributed by atoms with Crippen LogP contribution in [0.1, 0.15) is 6.42 Å². The van der Waals surface area contributed by atoms with Gasteiger partial charge in [0.2, 0.25) is 0 Å². The highest BCUT2D eigenvalue weighted by molar-refractivity contribution is 5.67. The summed E-state index contributed by atoms with van der Waals surface area (Å²) in [5, 5.41) is 11.7. The van der Waals surface area contributed by atoms with Crippen molar-refractivity contribution in [2.75, 3.05) is 38.4 Å². The molecule has 8 heteroatoms. The Labute approximate surface area is 123 Å². The molecule has 0 atom stereocenters. The summed E-state index contributed by atoms with van der Waals surface area (Å²) in [4.78, 5) is 0. The van der Waals surface area contributed by atoms with Crippen LogP contribution < -0.4 is 11.5 Å². The van der Waals surface area contributed by atoms with Crippen molar-refractivity contribution in [1.82, 2.24) is 20.2 Å². The molecule has 0 spiro atoms. The molecule has 0 saturated heterocycles. The zero-order valence-electron chi connectivity index (χ0n) is 12.0. The summed E-state index contributed by atoms with van der Waals surface area (Å²) in [6.07, 6.45) is 0.805. The summed E-state index contributed by atoms with van der Waals surface area (Å²) in [7, 11) is 1.65. The second-order valence-corrected chi connectivity index (χ2v) is 4.57. The first-order chi connectivity index (χ1) is 10.2. The van der Waals surface area contributed by atoms with E-state index in [0.29, 0.717) is 43.6 Å². The molecule has 0 amide bonds. The lowest BCUT2D eigenvalue weighted by atomic mass is 10.1. The van der Waals surface area contributed by atoms with E-state index in [1.165, 1.54) is 0 Å². The Morgan fingerprint density at radius 1 is 1.10 bits per heavy atom.